The quantitative estimate of drug-likeness (QED) is 0.458. The van der Waals surface area contributed by atoms with Crippen LogP contribution in [0, 0.1) is 0 Å². The molecule has 3 aromatic rings. The average molecular weight is 430 g/mol. The molecule has 1 aromatic heterocycles. The van der Waals surface area contributed by atoms with Crippen LogP contribution in [0.1, 0.15) is 17.5 Å². The third-order valence-electron chi connectivity index (χ3n) is 4.26. The van der Waals surface area contributed by atoms with Crippen LogP contribution in [-0.2, 0) is 6.54 Å². The largest absolute Gasteiger partial charge is 0.497 e. The van der Waals surface area contributed by atoms with Crippen molar-refractivity contribution in [2.75, 3.05) is 20.7 Å². The summed E-state index contributed by atoms with van der Waals surface area (Å²) in [6.07, 6.45) is 6.70. The molecule has 0 saturated heterocycles. The third kappa shape index (κ3) is 5.28. The molecule has 1 heterocycles. The van der Waals surface area contributed by atoms with Crippen molar-refractivity contribution in [3.63, 3.8) is 0 Å². The molecule has 0 fully saturated rings. The number of rotatable bonds is 7. The first kappa shape index (κ1) is 20.9. The van der Waals surface area contributed by atoms with Crippen LogP contribution in [0.15, 0.2) is 53.5 Å². The van der Waals surface area contributed by atoms with Gasteiger partial charge >= 0.3 is 0 Å². The Morgan fingerprint density at radius 1 is 1.11 bits per heavy atom. The number of fused-ring (bicyclic) bond motifs is 1. The molecule has 1 N–H and O–H groups in total. The predicted molar refractivity (Wildman–Crippen MR) is 117 cm³/mol. The molecule has 0 amide bonds. The number of nitrogens with one attached hydrogen (secondary N) is 1. The van der Waals surface area contributed by atoms with E-state index >= 15 is 0 Å². The van der Waals surface area contributed by atoms with Gasteiger partial charge in [-0.15, -0.1) is 17.0 Å². The van der Waals surface area contributed by atoms with E-state index in [2.05, 4.69) is 10.4 Å². The zero-order chi connectivity index (χ0) is 18.4. The summed E-state index contributed by atoms with van der Waals surface area (Å²) in [7, 11) is 3.56. The molecule has 0 aliphatic carbocycles. The number of methoxy groups -OCH3 is 1. The summed E-state index contributed by atoms with van der Waals surface area (Å²) in [5.41, 5.74) is 2.08. The first-order valence-electron chi connectivity index (χ1n) is 8.68. The maximum Gasteiger partial charge on any atom is 0.274 e. The lowest BCUT2D eigenvalue weighted by molar-refractivity contribution is 0.415. The van der Waals surface area contributed by atoms with Crippen LogP contribution in [0.2, 0.25) is 0 Å². The van der Waals surface area contributed by atoms with Crippen LogP contribution in [0.3, 0.4) is 0 Å². The SMILES string of the molecule is Br.CNCCCn1ncc2cc(/C=C/c3ccc(OC)cc3)ccc2c1=O. The number of halogens is 1. The van der Waals surface area contributed by atoms with Crippen molar-refractivity contribution in [3.8, 4) is 5.75 Å². The van der Waals surface area contributed by atoms with E-state index in [9.17, 15) is 4.79 Å². The summed E-state index contributed by atoms with van der Waals surface area (Å²) in [4.78, 5) is 12.5. The highest BCUT2D eigenvalue weighted by Gasteiger charge is 2.04. The Labute approximate surface area is 169 Å². The van der Waals surface area contributed by atoms with Gasteiger partial charge in [-0.3, -0.25) is 4.79 Å². The summed E-state index contributed by atoms with van der Waals surface area (Å²) >= 11 is 0. The van der Waals surface area contributed by atoms with Gasteiger partial charge in [0, 0.05) is 11.9 Å². The summed E-state index contributed by atoms with van der Waals surface area (Å²) < 4.78 is 6.70. The zero-order valence-electron chi connectivity index (χ0n) is 15.5. The molecule has 142 valence electrons. The fourth-order valence-corrected chi connectivity index (χ4v) is 2.78. The first-order valence-corrected chi connectivity index (χ1v) is 8.68. The molecule has 2 aromatic carbocycles. The molecular weight excluding hydrogens is 406 g/mol. The summed E-state index contributed by atoms with van der Waals surface area (Å²) in [6.45, 7) is 1.48. The summed E-state index contributed by atoms with van der Waals surface area (Å²) in [6, 6.07) is 13.7. The number of hydrogen-bond acceptors (Lipinski definition) is 4. The second kappa shape index (κ2) is 10.0. The minimum Gasteiger partial charge on any atom is -0.497 e. The van der Waals surface area contributed by atoms with Crippen molar-refractivity contribution >= 4 is 39.9 Å². The molecule has 0 radical (unpaired) electrons. The minimum absolute atomic E-state index is 0. The van der Waals surface area contributed by atoms with Gasteiger partial charge in [-0.1, -0.05) is 30.4 Å². The predicted octanol–water partition coefficient (Wildman–Crippen LogP) is 3.76. The number of benzene rings is 2. The van der Waals surface area contributed by atoms with E-state index in [0.29, 0.717) is 11.9 Å². The number of nitrogens with zero attached hydrogens (tertiary/aromatic N) is 2. The summed E-state index contributed by atoms with van der Waals surface area (Å²) in [5, 5.41) is 8.93. The Balaban J connectivity index is 0.00000261. The molecule has 5 nitrogen and oxygen atoms in total. The van der Waals surface area contributed by atoms with E-state index in [-0.39, 0.29) is 22.5 Å². The molecule has 0 atom stereocenters. The van der Waals surface area contributed by atoms with Crippen molar-refractivity contribution in [2.24, 2.45) is 0 Å². The van der Waals surface area contributed by atoms with Gasteiger partial charge in [0.05, 0.1) is 18.7 Å². The van der Waals surface area contributed by atoms with Gasteiger partial charge in [0.2, 0.25) is 0 Å². The maximum atomic E-state index is 12.5. The Kier molecular flexibility index (Phi) is 7.76. The van der Waals surface area contributed by atoms with Crippen molar-refractivity contribution in [2.45, 2.75) is 13.0 Å². The molecule has 3 rings (SSSR count). The lowest BCUT2D eigenvalue weighted by Crippen LogP contribution is -2.24. The standard InChI is InChI=1S/C21H23N3O2.BrH/c1-22-12-3-13-24-21(25)20-11-8-17(14-18(20)15-23-24)5-4-16-6-9-19(26-2)10-7-16;/h4-11,14-15,22H,3,12-13H2,1-2H3;1H/b5-4+;. The molecule has 0 spiro atoms. The van der Waals surface area contributed by atoms with Crippen LogP contribution in [-0.4, -0.2) is 30.5 Å². The van der Waals surface area contributed by atoms with Crippen molar-refractivity contribution in [1.82, 2.24) is 15.1 Å². The van der Waals surface area contributed by atoms with Gasteiger partial charge in [-0.2, -0.15) is 5.10 Å². The maximum absolute atomic E-state index is 12.5. The lowest BCUT2D eigenvalue weighted by Gasteiger charge is -2.06. The minimum atomic E-state index is -0.0377. The van der Waals surface area contributed by atoms with Crippen molar-refractivity contribution in [3.05, 3.63) is 70.1 Å². The molecule has 0 saturated carbocycles. The van der Waals surface area contributed by atoms with Gasteiger partial charge in [-0.25, -0.2) is 4.68 Å². The second-order valence-corrected chi connectivity index (χ2v) is 6.08. The van der Waals surface area contributed by atoms with E-state index in [1.54, 1.807) is 13.3 Å². The Morgan fingerprint density at radius 2 is 1.81 bits per heavy atom. The first-order chi connectivity index (χ1) is 12.7. The number of ether oxygens (including phenoxy) is 1. The number of aryl methyl sites for hydroxylation is 1. The molecule has 0 aliphatic rings. The van der Waals surface area contributed by atoms with Gasteiger partial charge < -0.3 is 10.1 Å². The number of aromatic nitrogens is 2. The van der Waals surface area contributed by atoms with E-state index in [1.165, 1.54) is 4.68 Å². The highest BCUT2D eigenvalue weighted by Crippen LogP contribution is 2.16. The van der Waals surface area contributed by atoms with Crippen molar-refractivity contribution in [1.29, 1.82) is 0 Å². The van der Waals surface area contributed by atoms with Crippen LogP contribution >= 0.6 is 17.0 Å². The van der Waals surface area contributed by atoms with Crippen LogP contribution in [0.25, 0.3) is 22.9 Å². The fraction of sp³-hybridized carbons (Fsp3) is 0.238. The molecule has 0 unspecified atom stereocenters. The van der Waals surface area contributed by atoms with Crippen LogP contribution in [0.4, 0.5) is 0 Å². The van der Waals surface area contributed by atoms with E-state index in [4.69, 9.17) is 4.74 Å². The van der Waals surface area contributed by atoms with Gasteiger partial charge in [0.15, 0.2) is 0 Å². The van der Waals surface area contributed by atoms with E-state index < -0.39 is 0 Å². The lowest BCUT2D eigenvalue weighted by atomic mass is 10.1. The monoisotopic (exact) mass is 429 g/mol. The normalized spacial score (nSPS) is 10.9. The Morgan fingerprint density at radius 3 is 2.52 bits per heavy atom. The van der Waals surface area contributed by atoms with Crippen LogP contribution in [0.5, 0.6) is 5.75 Å². The topological polar surface area (TPSA) is 56.1 Å². The van der Waals surface area contributed by atoms with Gasteiger partial charge in [0.1, 0.15) is 5.75 Å². The molecule has 0 aliphatic heterocycles. The van der Waals surface area contributed by atoms with Gasteiger partial charge in [0.25, 0.3) is 5.56 Å². The van der Waals surface area contributed by atoms with Crippen molar-refractivity contribution < 1.29 is 4.74 Å². The summed E-state index contributed by atoms with van der Waals surface area (Å²) in [5.74, 6) is 0.838. The third-order valence-corrected chi connectivity index (χ3v) is 4.26. The molecule has 6 heteroatoms. The second-order valence-electron chi connectivity index (χ2n) is 6.08. The average Bonchev–Trinajstić information content (AvgIpc) is 2.68. The molecule has 0 bridgehead atoms. The highest BCUT2D eigenvalue weighted by atomic mass is 79.9. The van der Waals surface area contributed by atoms with Gasteiger partial charge in [-0.05, 0) is 55.4 Å². The Hall–Kier alpha value is -2.44. The molecular formula is C21H24BrN3O2. The van der Waals surface area contributed by atoms with E-state index in [1.807, 2.05) is 61.7 Å². The highest BCUT2D eigenvalue weighted by molar-refractivity contribution is 8.93. The number of hydrogen-bond donors (Lipinski definition) is 1. The zero-order valence-corrected chi connectivity index (χ0v) is 17.2. The fourth-order valence-electron chi connectivity index (χ4n) is 2.78. The smallest absolute Gasteiger partial charge is 0.274 e. The Bertz CT molecular complexity index is 965. The van der Waals surface area contributed by atoms with Crippen LogP contribution < -0.4 is 15.6 Å². The molecule has 27 heavy (non-hydrogen) atoms. The van der Waals surface area contributed by atoms with E-state index in [0.717, 1.165) is 35.2 Å².